The van der Waals surface area contributed by atoms with Crippen LogP contribution in [0.1, 0.15) is 98.8 Å². The van der Waals surface area contributed by atoms with E-state index >= 15 is 0 Å². The number of nitrogens with zero attached hydrogens (tertiary/aromatic N) is 1. The molecule has 0 radical (unpaired) electrons. The van der Waals surface area contributed by atoms with Crippen LogP contribution in [0, 0.1) is 29.6 Å². The molecule has 13 unspecified atom stereocenters. The molecule has 12 heteroatoms. The van der Waals surface area contributed by atoms with Crippen LogP contribution in [0.15, 0.2) is 48.1 Å². The smallest absolute Gasteiger partial charge is 0.329 e. The number of fused-ring (bicyclic) bond motifs is 3. The fourth-order valence-electron chi connectivity index (χ4n) is 9.12. The molecule has 0 aromatic rings. The number of piperidine rings is 1. The van der Waals surface area contributed by atoms with Crippen molar-refractivity contribution in [3.8, 4) is 0 Å². The number of amides is 1. The van der Waals surface area contributed by atoms with Crippen molar-refractivity contribution in [3.63, 3.8) is 0 Å². The number of allylic oxidation sites excluding steroid dienone is 5. The maximum Gasteiger partial charge on any atom is 0.329 e. The number of aliphatic hydroxyl groups is 2. The van der Waals surface area contributed by atoms with E-state index in [0.29, 0.717) is 44.9 Å². The van der Waals surface area contributed by atoms with Gasteiger partial charge >= 0.3 is 5.97 Å². The zero-order valence-corrected chi connectivity index (χ0v) is 34.8. The Kier molecular flexibility index (Phi) is 16.8. The SMILES string of the molecule is C=CCC1/C=C(/C)CC(C)CC(OC)C2OC(O)(C(=O)C(=O)N3CCCCC3C(=O)OC(/C(C)=C/C3CCC(O)C(OC)C3)C(C)/C=C/C1=O)C(C)CC2OC. The van der Waals surface area contributed by atoms with Crippen LogP contribution >= 0.6 is 0 Å². The molecular weight excluding hydrogens is 718 g/mol. The number of ether oxygens (including phenoxy) is 5. The highest BCUT2D eigenvalue weighted by molar-refractivity contribution is 6.39. The van der Waals surface area contributed by atoms with Crippen LogP contribution in [0.3, 0.4) is 0 Å². The van der Waals surface area contributed by atoms with Crippen molar-refractivity contribution in [2.24, 2.45) is 29.6 Å². The van der Waals surface area contributed by atoms with Crippen LogP contribution < -0.4 is 0 Å². The van der Waals surface area contributed by atoms with Gasteiger partial charge in [0.2, 0.25) is 5.79 Å². The van der Waals surface area contributed by atoms with E-state index in [2.05, 4.69) is 19.6 Å². The summed E-state index contributed by atoms with van der Waals surface area (Å²) in [5.41, 5.74) is 1.77. The number of cyclic esters (lactones) is 1. The van der Waals surface area contributed by atoms with Gasteiger partial charge < -0.3 is 38.8 Å². The van der Waals surface area contributed by atoms with Crippen LogP contribution in [0.2, 0.25) is 0 Å². The molecule has 56 heavy (non-hydrogen) atoms. The molecule has 0 spiro atoms. The summed E-state index contributed by atoms with van der Waals surface area (Å²) in [6.45, 7) is 13.5. The second kappa shape index (κ2) is 20.6. The number of rotatable bonds is 7. The topological polar surface area (TPSA) is 158 Å². The molecule has 3 heterocycles. The van der Waals surface area contributed by atoms with Crippen molar-refractivity contribution < 1.29 is 53.1 Å². The van der Waals surface area contributed by atoms with Gasteiger partial charge in [-0.05, 0) is 102 Å². The Morgan fingerprint density at radius 1 is 0.982 bits per heavy atom. The molecule has 1 amide bonds. The van der Waals surface area contributed by atoms with Gasteiger partial charge in [0.15, 0.2) is 5.78 Å². The fraction of sp³-hybridized carbons (Fsp3) is 0.727. The fourth-order valence-corrected chi connectivity index (χ4v) is 9.12. The number of aliphatic hydroxyl groups excluding tert-OH is 1. The minimum Gasteiger partial charge on any atom is -0.456 e. The predicted octanol–water partition coefficient (Wildman–Crippen LogP) is 5.44. The molecule has 4 rings (SSSR count). The molecule has 2 saturated heterocycles. The van der Waals surface area contributed by atoms with E-state index in [0.717, 1.165) is 17.6 Å². The second-order valence-corrected chi connectivity index (χ2v) is 16.8. The van der Waals surface area contributed by atoms with Crippen molar-refractivity contribution in [1.29, 1.82) is 0 Å². The molecule has 3 aliphatic heterocycles. The van der Waals surface area contributed by atoms with E-state index in [4.69, 9.17) is 23.7 Å². The molecule has 2 N–H and O–H groups in total. The number of hydrogen-bond acceptors (Lipinski definition) is 11. The van der Waals surface area contributed by atoms with Crippen molar-refractivity contribution in [2.45, 2.75) is 147 Å². The first-order valence-corrected chi connectivity index (χ1v) is 20.5. The second-order valence-electron chi connectivity index (χ2n) is 16.8. The van der Waals surface area contributed by atoms with Crippen molar-refractivity contribution in [2.75, 3.05) is 27.9 Å². The maximum absolute atomic E-state index is 14.3. The maximum atomic E-state index is 14.3. The van der Waals surface area contributed by atoms with Gasteiger partial charge in [0, 0.05) is 45.6 Å². The van der Waals surface area contributed by atoms with Crippen LogP contribution in [-0.4, -0.2) is 115 Å². The van der Waals surface area contributed by atoms with Gasteiger partial charge in [-0.15, -0.1) is 6.58 Å². The van der Waals surface area contributed by atoms with E-state index in [-0.39, 0.29) is 43.1 Å². The van der Waals surface area contributed by atoms with E-state index in [1.807, 2.05) is 26.8 Å². The summed E-state index contributed by atoms with van der Waals surface area (Å²) in [7, 11) is 4.66. The molecule has 3 fully saturated rings. The number of carbonyl (C=O) groups excluding carboxylic acids is 4. The van der Waals surface area contributed by atoms with Gasteiger partial charge in [0.05, 0.1) is 24.4 Å². The van der Waals surface area contributed by atoms with Gasteiger partial charge in [-0.3, -0.25) is 14.4 Å². The number of hydrogen-bond donors (Lipinski definition) is 2. The van der Waals surface area contributed by atoms with Crippen molar-refractivity contribution in [1.82, 2.24) is 4.90 Å². The minimum atomic E-state index is -2.48. The van der Waals surface area contributed by atoms with Crippen LogP contribution in [-0.2, 0) is 42.9 Å². The van der Waals surface area contributed by atoms with Crippen molar-refractivity contribution >= 4 is 23.4 Å². The highest BCUT2D eigenvalue weighted by Crippen LogP contribution is 2.39. The quantitative estimate of drug-likeness (QED) is 0.192. The highest BCUT2D eigenvalue weighted by Gasteiger charge is 2.56. The molecule has 13 atom stereocenters. The monoisotopic (exact) mass is 785 g/mol. The number of Topliss-reactive ketones (excluding diaryl/α,β-unsaturated/α-hetero) is 1. The lowest BCUT2D eigenvalue weighted by Gasteiger charge is -2.47. The van der Waals surface area contributed by atoms with E-state index in [1.165, 1.54) is 19.1 Å². The highest BCUT2D eigenvalue weighted by atomic mass is 16.7. The van der Waals surface area contributed by atoms with Crippen LogP contribution in [0.5, 0.6) is 0 Å². The first kappa shape index (κ1) is 45.7. The minimum absolute atomic E-state index is 0.0469. The molecule has 1 saturated carbocycles. The molecular formula is C44H67NO11. The average Bonchev–Trinajstić information content (AvgIpc) is 3.18. The van der Waals surface area contributed by atoms with E-state index in [9.17, 15) is 29.4 Å². The molecule has 314 valence electrons. The summed E-state index contributed by atoms with van der Waals surface area (Å²) in [5.74, 6) is -7.00. The third-order valence-corrected chi connectivity index (χ3v) is 12.4. The Labute approximate surface area is 333 Å². The summed E-state index contributed by atoms with van der Waals surface area (Å²) < 4.78 is 29.8. The van der Waals surface area contributed by atoms with Gasteiger partial charge in [-0.2, -0.15) is 0 Å². The summed E-state index contributed by atoms with van der Waals surface area (Å²) in [6.07, 6.45) is 10.5. The third kappa shape index (κ3) is 10.9. The molecule has 12 nitrogen and oxygen atoms in total. The normalized spacial score (nSPS) is 40.4. The van der Waals surface area contributed by atoms with E-state index in [1.54, 1.807) is 32.3 Å². The van der Waals surface area contributed by atoms with Gasteiger partial charge in [0.1, 0.15) is 18.2 Å². The molecule has 1 aliphatic carbocycles. The third-order valence-electron chi connectivity index (χ3n) is 12.4. The number of methoxy groups -OCH3 is 3. The number of esters is 1. The van der Waals surface area contributed by atoms with Crippen molar-refractivity contribution in [3.05, 3.63) is 48.1 Å². The lowest BCUT2D eigenvalue weighted by Crippen LogP contribution is -2.64. The molecule has 0 aromatic heterocycles. The Morgan fingerprint density at radius 3 is 2.32 bits per heavy atom. The summed E-state index contributed by atoms with van der Waals surface area (Å²) in [6, 6.07) is -1.08. The first-order chi connectivity index (χ1) is 26.6. The zero-order valence-electron chi connectivity index (χ0n) is 34.8. The summed E-state index contributed by atoms with van der Waals surface area (Å²) in [5, 5.41) is 22.4. The van der Waals surface area contributed by atoms with Crippen LogP contribution in [0.25, 0.3) is 0 Å². The lowest BCUT2D eigenvalue weighted by molar-refractivity contribution is -0.302. The van der Waals surface area contributed by atoms with Crippen LogP contribution in [0.4, 0.5) is 0 Å². The Morgan fingerprint density at radius 2 is 1.66 bits per heavy atom. The molecule has 0 aromatic carbocycles. The number of carbonyl (C=O) groups is 4. The molecule has 4 aliphatic rings. The largest absolute Gasteiger partial charge is 0.456 e. The summed E-state index contributed by atoms with van der Waals surface area (Å²) >= 11 is 0. The lowest BCUT2D eigenvalue weighted by atomic mass is 9.82. The van der Waals surface area contributed by atoms with E-state index < -0.39 is 77.8 Å². The van der Waals surface area contributed by atoms with Gasteiger partial charge in [-0.25, -0.2) is 4.79 Å². The Hall–Kier alpha value is -3.00. The number of ketones is 2. The Bertz CT molecular complexity index is 1490. The van der Waals surface area contributed by atoms with Gasteiger partial charge in [0.25, 0.3) is 11.7 Å². The zero-order chi connectivity index (χ0) is 41.3. The molecule has 2 bridgehead atoms. The predicted molar refractivity (Wildman–Crippen MR) is 211 cm³/mol. The Balaban J connectivity index is 1.78. The average molecular weight is 786 g/mol. The first-order valence-electron chi connectivity index (χ1n) is 20.5. The summed E-state index contributed by atoms with van der Waals surface area (Å²) in [4.78, 5) is 57.6. The standard InChI is InChI=1S/C44H67NO11/c1-10-13-32-21-26(2)20-27(3)22-37(53-8)40-38(54-9)24-30(6)44(51,56-40)41(48)42(49)45-19-12-11-14-33(45)43(50)55-39(28(4)15-17-34(32)46)29(5)23-31-16-18-35(47)36(25-31)52-7/h10,15,17,21,23,27-28,30-33,35-40,47,51H,1,11-14,16,18-20,22,24-25H2,2-9H3/b17-15+,26-21-,29-23+. The van der Waals surface area contributed by atoms with Gasteiger partial charge in [-0.1, -0.05) is 50.6 Å².